The lowest BCUT2D eigenvalue weighted by Gasteiger charge is -2.46. The number of hydrogen-bond acceptors (Lipinski definition) is 5. The highest BCUT2D eigenvalue weighted by atomic mass is 32.1. The highest BCUT2D eigenvalue weighted by Gasteiger charge is 2.49. The van der Waals surface area contributed by atoms with Crippen molar-refractivity contribution < 1.29 is 4.42 Å². The Morgan fingerprint density at radius 1 is 0.400 bits per heavy atom. The van der Waals surface area contributed by atoms with E-state index in [2.05, 4.69) is 366 Å². The number of anilines is 7. The highest BCUT2D eigenvalue weighted by molar-refractivity contribution is 7.21. The molecule has 492 valence electrons. The monoisotopic (exact) mass is 1320 g/mol. The Bertz CT molecular complexity index is 5500. The van der Waals surface area contributed by atoms with Crippen LogP contribution < -0.4 is 25.5 Å². The molecular formula is C94H86BN3OS. The van der Waals surface area contributed by atoms with Crippen LogP contribution in [0.3, 0.4) is 0 Å². The maximum atomic E-state index is 7.50. The Balaban J connectivity index is 0.960. The fraction of sp³-hybridized carbons (Fsp3) is 0.213. The standard InChI is InChI=1S/C94H86BN3OS/c1-90(2,3)62-36-42-66(43-37-62)97(67-44-38-63(39-45-67)91(4,5)6)69-48-49-70-73-52-77-81(56-79(73)94(13,14)78(70)51-69)98(68-46-40-64(41-47-68)92(7,8)9)95-80-53-75-76(89(60-30-22-17-23-31-60)100-88(75)59-28-20-16-21-29-59)55-82(80)96(83-54-74-71-32-24-25-33-84(71)99-87(74)85(77)86(83)95)57-61-34-35-65(93(10,11)12)50-72(61)58-26-18-15-19-27-58/h15-56H,57H2,1-14H3. The minimum Gasteiger partial charge on any atom is -0.455 e. The van der Waals surface area contributed by atoms with E-state index in [0.29, 0.717) is 6.54 Å². The average molecular weight is 1320 g/mol. The van der Waals surface area contributed by atoms with Crippen LogP contribution in [0.2, 0.25) is 0 Å². The summed E-state index contributed by atoms with van der Waals surface area (Å²) in [5.74, 6) is 0. The van der Waals surface area contributed by atoms with Crippen molar-refractivity contribution >= 4 is 102 Å². The summed E-state index contributed by atoms with van der Waals surface area (Å²) in [6.07, 6.45) is 0. The van der Waals surface area contributed by atoms with Crippen LogP contribution in [-0.4, -0.2) is 6.85 Å². The summed E-state index contributed by atoms with van der Waals surface area (Å²) in [4.78, 5) is 10.4. The lowest BCUT2D eigenvalue weighted by Crippen LogP contribution is -2.62. The molecule has 2 aromatic heterocycles. The first-order chi connectivity index (χ1) is 47.9. The molecule has 4 heterocycles. The molecule has 12 aromatic carbocycles. The van der Waals surface area contributed by atoms with Gasteiger partial charge < -0.3 is 19.0 Å². The molecule has 4 nitrogen and oxygen atoms in total. The number of furan rings is 1. The Morgan fingerprint density at radius 3 is 1.48 bits per heavy atom. The van der Waals surface area contributed by atoms with Gasteiger partial charge in [0.05, 0.1) is 0 Å². The zero-order valence-electron chi connectivity index (χ0n) is 60.2. The molecule has 1 aliphatic carbocycles. The Kier molecular flexibility index (Phi) is 14.5. The summed E-state index contributed by atoms with van der Waals surface area (Å²) < 4.78 is 7.50. The number of benzene rings is 12. The molecule has 0 radical (unpaired) electrons. The number of fused-ring (bicyclic) bond motifs is 12. The predicted molar refractivity (Wildman–Crippen MR) is 430 cm³/mol. The third kappa shape index (κ3) is 10.4. The molecular weight excluding hydrogens is 1230 g/mol. The summed E-state index contributed by atoms with van der Waals surface area (Å²) in [5, 5.41) is 4.72. The molecule has 0 bridgehead atoms. The van der Waals surface area contributed by atoms with Gasteiger partial charge >= 0.3 is 6.85 Å². The van der Waals surface area contributed by atoms with Crippen molar-refractivity contribution in [2.75, 3.05) is 14.6 Å². The zero-order valence-corrected chi connectivity index (χ0v) is 61.0. The van der Waals surface area contributed by atoms with E-state index in [1.807, 2.05) is 11.3 Å². The third-order valence-corrected chi connectivity index (χ3v) is 23.3. The number of nitrogens with zero attached hydrogens (tertiary/aromatic N) is 3. The molecule has 3 aliphatic rings. The topological polar surface area (TPSA) is 22.9 Å². The van der Waals surface area contributed by atoms with E-state index < -0.39 is 5.41 Å². The van der Waals surface area contributed by atoms with Crippen LogP contribution in [0.1, 0.15) is 136 Å². The Labute approximate surface area is 595 Å². The maximum absolute atomic E-state index is 7.50. The van der Waals surface area contributed by atoms with Gasteiger partial charge in [0.1, 0.15) is 11.2 Å². The van der Waals surface area contributed by atoms with E-state index in [0.717, 1.165) is 50.3 Å². The van der Waals surface area contributed by atoms with Crippen molar-refractivity contribution in [1.82, 2.24) is 0 Å². The van der Waals surface area contributed by atoms with Crippen LogP contribution in [-0.2, 0) is 33.6 Å². The molecule has 2 aliphatic heterocycles. The Morgan fingerprint density at radius 2 is 0.900 bits per heavy atom. The normalized spacial score (nSPS) is 14.0. The number of rotatable bonds is 9. The second-order valence-electron chi connectivity index (χ2n) is 33.0. The van der Waals surface area contributed by atoms with Crippen molar-refractivity contribution in [1.29, 1.82) is 0 Å². The summed E-state index contributed by atoms with van der Waals surface area (Å²) in [5.41, 5.74) is 30.7. The van der Waals surface area contributed by atoms with Crippen LogP contribution in [0, 0.1) is 0 Å². The SMILES string of the molecule is CC(C)(C)c1ccc(N2B3c4cc5c(-c6ccccc6)sc(-c6ccccc6)c5cc4N(Cc4ccc(C(C)(C)C)cc4-c4ccccc4)c4cc5c(oc6ccccc65)c(c43)-c3cc4c(cc32)C(C)(C)c2cc(N(c3ccc(C(C)(C)C)cc3)c3ccc(C(C)(C)C)cc3)ccc2-4)cc1. The Hall–Kier alpha value is -10.1. The summed E-state index contributed by atoms with van der Waals surface area (Å²) in [6.45, 7) is 33.0. The molecule has 0 fully saturated rings. The third-order valence-electron chi connectivity index (χ3n) is 22.0. The second kappa shape index (κ2) is 23.0. The summed E-state index contributed by atoms with van der Waals surface area (Å²) >= 11 is 1.91. The number of hydrogen-bond donors (Lipinski definition) is 0. The molecule has 0 unspecified atom stereocenters. The van der Waals surface area contributed by atoms with Crippen LogP contribution >= 0.6 is 11.3 Å². The van der Waals surface area contributed by atoms with Gasteiger partial charge in [-0.05, 0) is 184 Å². The van der Waals surface area contributed by atoms with Gasteiger partial charge in [-0.2, -0.15) is 0 Å². The van der Waals surface area contributed by atoms with Gasteiger partial charge in [-0.15, -0.1) is 11.3 Å². The predicted octanol–water partition coefficient (Wildman–Crippen LogP) is 25.3. The minimum absolute atomic E-state index is 0.0189. The van der Waals surface area contributed by atoms with E-state index in [1.165, 1.54) is 126 Å². The van der Waals surface area contributed by atoms with Crippen molar-refractivity contribution in [2.45, 2.75) is 131 Å². The maximum Gasteiger partial charge on any atom is 0.333 e. The van der Waals surface area contributed by atoms with Gasteiger partial charge in [-0.1, -0.05) is 273 Å². The van der Waals surface area contributed by atoms with Gasteiger partial charge in [-0.25, -0.2) is 0 Å². The van der Waals surface area contributed by atoms with Crippen molar-refractivity contribution in [3.63, 3.8) is 0 Å². The van der Waals surface area contributed by atoms with E-state index in [1.54, 1.807) is 0 Å². The number of thiophene rings is 1. The zero-order chi connectivity index (χ0) is 69.1. The largest absolute Gasteiger partial charge is 0.455 e. The van der Waals surface area contributed by atoms with Gasteiger partial charge in [-0.3, -0.25) is 0 Å². The van der Waals surface area contributed by atoms with Crippen LogP contribution in [0.25, 0.3) is 87.0 Å². The highest BCUT2D eigenvalue weighted by Crippen LogP contribution is 2.58. The van der Waals surface area contributed by atoms with Crippen LogP contribution in [0.15, 0.2) is 259 Å². The minimum atomic E-state index is -0.409. The van der Waals surface area contributed by atoms with Crippen LogP contribution in [0.4, 0.5) is 39.8 Å². The first-order valence-electron chi connectivity index (χ1n) is 35.8. The first-order valence-corrected chi connectivity index (χ1v) is 36.6. The van der Waals surface area contributed by atoms with E-state index >= 15 is 0 Å². The summed E-state index contributed by atoms with van der Waals surface area (Å²) in [7, 11) is 0. The van der Waals surface area contributed by atoms with E-state index in [9.17, 15) is 0 Å². The molecule has 14 aromatic rings. The molecule has 6 heteroatoms. The molecule has 0 N–H and O–H groups in total. The van der Waals surface area contributed by atoms with Gasteiger partial charge in [0.25, 0.3) is 0 Å². The lowest BCUT2D eigenvalue weighted by atomic mass is 9.43. The molecule has 0 amide bonds. The molecule has 0 atom stereocenters. The van der Waals surface area contributed by atoms with Crippen molar-refractivity contribution in [2.24, 2.45) is 0 Å². The molecule has 0 saturated heterocycles. The second-order valence-corrected chi connectivity index (χ2v) is 34.0. The summed E-state index contributed by atoms with van der Waals surface area (Å²) in [6, 6.07) is 97.5. The van der Waals surface area contributed by atoms with E-state index in [4.69, 9.17) is 4.42 Å². The molecule has 0 spiro atoms. The van der Waals surface area contributed by atoms with Gasteiger partial charge in [0, 0.05) is 94.2 Å². The quantitative estimate of drug-likeness (QED) is 0.134. The lowest BCUT2D eigenvalue weighted by molar-refractivity contribution is 0.590. The molecule has 17 rings (SSSR count). The molecule has 0 saturated carbocycles. The van der Waals surface area contributed by atoms with Crippen LogP contribution in [0.5, 0.6) is 0 Å². The smallest absolute Gasteiger partial charge is 0.333 e. The van der Waals surface area contributed by atoms with Crippen molar-refractivity contribution in [3.05, 3.63) is 294 Å². The van der Waals surface area contributed by atoms with Crippen molar-refractivity contribution in [3.8, 4) is 54.3 Å². The first kappa shape index (κ1) is 63.3. The molecule has 100 heavy (non-hydrogen) atoms. The van der Waals surface area contributed by atoms with Gasteiger partial charge in [0.15, 0.2) is 0 Å². The fourth-order valence-corrected chi connectivity index (χ4v) is 17.6. The fourth-order valence-electron chi connectivity index (χ4n) is 16.4. The van der Waals surface area contributed by atoms with E-state index in [-0.39, 0.29) is 28.5 Å². The average Bonchev–Trinajstić information content (AvgIpc) is 1.26. The number of para-hydroxylation sites is 1. The van der Waals surface area contributed by atoms with Gasteiger partial charge in [0.2, 0.25) is 0 Å².